The molecule has 0 aliphatic heterocycles. The maximum Gasteiger partial charge on any atom is 0.332 e. The predicted molar refractivity (Wildman–Crippen MR) is 106 cm³/mol. The molecular weight excluding hydrogens is 382 g/mol. The lowest BCUT2D eigenvalue weighted by Gasteiger charge is -2.14. The van der Waals surface area contributed by atoms with E-state index in [0.29, 0.717) is 5.56 Å². The van der Waals surface area contributed by atoms with Crippen molar-refractivity contribution in [3.63, 3.8) is 0 Å². The molecule has 0 saturated carbocycles. The molecule has 0 aliphatic rings. The van der Waals surface area contributed by atoms with Gasteiger partial charge in [0.25, 0.3) is 5.56 Å². The Morgan fingerprint density at radius 2 is 1.64 bits per heavy atom. The topological polar surface area (TPSA) is 126 Å². The molecule has 0 bridgehead atoms. The van der Waals surface area contributed by atoms with Gasteiger partial charge in [-0.2, -0.15) is 5.26 Å². The maximum atomic E-state index is 12.1. The summed E-state index contributed by atoms with van der Waals surface area (Å²) < 4.78 is 28.6. The van der Waals surface area contributed by atoms with E-state index in [1.807, 2.05) is 6.07 Å². The van der Waals surface area contributed by atoms with E-state index in [0.717, 1.165) is 10.1 Å². The fraction of sp³-hybridized carbons (Fsp3) is 0.389. The first-order valence-electron chi connectivity index (χ1n) is 8.57. The Balaban J connectivity index is 2.18. The Bertz CT molecular complexity index is 1120. The molecule has 1 aromatic carbocycles. The maximum absolute atomic E-state index is 12.1. The molecule has 0 radical (unpaired) electrons. The first kappa shape index (κ1) is 21.4. The van der Waals surface area contributed by atoms with Gasteiger partial charge < -0.3 is 5.32 Å². The van der Waals surface area contributed by atoms with Crippen LogP contribution >= 0.6 is 0 Å². The Morgan fingerprint density at radius 3 is 2.18 bits per heavy atom. The molecule has 9 nitrogen and oxygen atoms in total. The summed E-state index contributed by atoms with van der Waals surface area (Å²) in [4.78, 5) is 24.1. The van der Waals surface area contributed by atoms with Gasteiger partial charge in [0, 0.05) is 26.7 Å². The predicted octanol–water partition coefficient (Wildman–Crippen LogP) is 0.396. The van der Waals surface area contributed by atoms with Crippen molar-refractivity contribution in [2.45, 2.75) is 32.2 Å². The molecular formula is C18H23N5O4S. The molecule has 0 fully saturated rings. The minimum Gasteiger partial charge on any atom is -0.366 e. The Hall–Kier alpha value is -2.90. The van der Waals surface area contributed by atoms with Gasteiger partial charge in [-0.15, -0.1) is 0 Å². The normalized spacial score (nSPS) is 11.4. The SMILES string of the molecule is CC(C)NS(=O)(=O)Cc1ccc(CNc2c(C#N)c(=O)n(C)c(=O)n2C)cc1. The van der Waals surface area contributed by atoms with Gasteiger partial charge >= 0.3 is 5.69 Å². The minimum atomic E-state index is -3.41. The van der Waals surface area contributed by atoms with E-state index in [-0.39, 0.29) is 29.7 Å². The number of nitrogens with one attached hydrogen (secondary N) is 2. The van der Waals surface area contributed by atoms with Crippen molar-refractivity contribution in [3.05, 3.63) is 61.8 Å². The molecule has 1 aromatic heterocycles. The van der Waals surface area contributed by atoms with Crippen molar-refractivity contribution in [2.75, 3.05) is 5.32 Å². The number of rotatable bonds is 7. The molecule has 0 atom stereocenters. The van der Waals surface area contributed by atoms with Crippen LogP contribution in [0.25, 0.3) is 0 Å². The van der Waals surface area contributed by atoms with E-state index in [1.165, 1.54) is 18.7 Å². The zero-order valence-electron chi connectivity index (χ0n) is 16.2. The summed E-state index contributed by atoms with van der Waals surface area (Å²) in [6.45, 7) is 3.77. The zero-order chi connectivity index (χ0) is 21.1. The van der Waals surface area contributed by atoms with E-state index >= 15 is 0 Å². The van der Waals surface area contributed by atoms with Crippen LogP contribution in [0.1, 0.15) is 30.5 Å². The molecule has 0 unspecified atom stereocenters. The quantitative estimate of drug-likeness (QED) is 0.686. The Morgan fingerprint density at radius 1 is 1.07 bits per heavy atom. The van der Waals surface area contributed by atoms with Crippen LogP contribution in [0.15, 0.2) is 33.9 Å². The van der Waals surface area contributed by atoms with Crippen molar-refractivity contribution >= 4 is 15.8 Å². The average molecular weight is 405 g/mol. The summed E-state index contributed by atoms with van der Waals surface area (Å²) in [7, 11) is -0.618. The summed E-state index contributed by atoms with van der Waals surface area (Å²) >= 11 is 0. The van der Waals surface area contributed by atoms with Gasteiger partial charge in [0.2, 0.25) is 10.0 Å². The molecule has 28 heavy (non-hydrogen) atoms. The Labute approximate surface area is 163 Å². The highest BCUT2D eigenvalue weighted by molar-refractivity contribution is 7.88. The van der Waals surface area contributed by atoms with Crippen LogP contribution in [0.5, 0.6) is 0 Å². The molecule has 1 heterocycles. The number of anilines is 1. The van der Waals surface area contributed by atoms with Crippen molar-refractivity contribution in [1.29, 1.82) is 5.26 Å². The monoisotopic (exact) mass is 405 g/mol. The molecule has 0 amide bonds. The van der Waals surface area contributed by atoms with Crippen LogP contribution < -0.4 is 21.3 Å². The van der Waals surface area contributed by atoms with E-state index in [1.54, 1.807) is 38.1 Å². The van der Waals surface area contributed by atoms with E-state index < -0.39 is 21.3 Å². The molecule has 0 spiro atoms. The Kier molecular flexibility index (Phi) is 6.43. The van der Waals surface area contributed by atoms with Gasteiger partial charge in [0.1, 0.15) is 11.9 Å². The number of nitrogens with zero attached hydrogens (tertiary/aromatic N) is 3. The highest BCUT2D eigenvalue weighted by Gasteiger charge is 2.15. The molecule has 0 saturated heterocycles. The third-order valence-electron chi connectivity index (χ3n) is 4.03. The number of aromatic nitrogens is 2. The third kappa shape index (κ3) is 4.88. The second kappa shape index (κ2) is 8.41. The van der Waals surface area contributed by atoms with Crippen molar-refractivity contribution in [3.8, 4) is 6.07 Å². The smallest absolute Gasteiger partial charge is 0.332 e. The van der Waals surface area contributed by atoms with Gasteiger partial charge in [0.05, 0.1) is 5.75 Å². The third-order valence-corrected chi connectivity index (χ3v) is 5.58. The van der Waals surface area contributed by atoms with Gasteiger partial charge in [-0.1, -0.05) is 24.3 Å². The first-order valence-corrected chi connectivity index (χ1v) is 10.2. The zero-order valence-corrected chi connectivity index (χ0v) is 17.0. The standard InChI is InChI=1S/C18H23N5O4S/c1-12(2)21-28(26,27)11-14-7-5-13(6-8-14)10-20-16-15(9-19)17(24)23(4)18(25)22(16)3/h5-8,12,20-21H,10-11H2,1-4H3. The van der Waals surface area contributed by atoms with Gasteiger partial charge in [-0.3, -0.25) is 13.9 Å². The summed E-state index contributed by atoms with van der Waals surface area (Å²) in [6.07, 6.45) is 0. The van der Waals surface area contributed by atoms with Crippen LogP contribution in [0.4, 0.5) is 5.82 Å². The number of hydrogen-bond acceptors (Lipinski definition) is 6. The number of hydrogen-bond donors (Lipinski definition) is 2. The van der Waals surface area contributed by atoms with Crippen molar-refractivity contribution in [1.82, 2.24) is 13.9 Å². The largest absolute Gasteiger partial charge is 0.366 e. The minimum absolute atomic E-state index is 0.124. The average Bonchev–Trinajstić information content (AvgIpc) is 2.61. The molecule has 150 valence electrons. The van der Waals surface area contributed by atoms with E-state index in [4.69, 9.17) is 0 Å². The van der Waals surface area contributed by atoms with E-state index in [9.17, 15) is 23.3 Å². The number of nitriles is 1. The van der Waals surface area contributed by atoms with Crippen molar-refractivity contribution in [2.24, 2.45) is 14.1 Å². The van der Waals surface area contributed by atoms with Gasteiger partial charge in [0.15, 0.2) is 5.56 Å². The molecule has 2 aromatic rings. The highest BCUT2D eigenvalue weighted by atomic mass is 32.2. The second-order valence-corrected chi connectivity index (χ2v) is 8.50. The van der Waals surface area contributed by atoms with E-state index in [2.05, 4.69) is 10.0 Å². The van der Waals surface area contributed by atoms with Gasteiger partial charge in [-0.05, 0) is 25.0 Å². The first-order chi connectivity index (χ1) is 13.1. The number of benzene rings is 1. The number of sulfonamides is 1. The highest BCUT2D eigenvalue weighted by Crippen LogP contribution is 2.12. The summed E-state index contributed by atoms with van der Waals surface area (Å²) in [5.41, 5.74) is 0.0914. The van der Waals surface area contributed by atoms with Crippen LogP contribution in [-0.2, 0) is 36.4 Å². The lowest BCUT2D eigenvalue weighted by molar-refractivity contribution is 0.569. The van der Waals surface area contributed by atoms with Crippen LogP contribution in [-0.4, -0.2) is 23.6 Å². The molecule has 10 heteroatoms. The lowest BCUT2D eigenvalue weighted by atomic mass is 10.1. The molecule has 0 aliphatic carbocycles. The summed E-state index contributed by atoms with van der Waals surface area (Å²) in [5, 5.41) is 12.2. The fourth-order valence-electron chi connectivity index (χ4n) is 2.71. The second-order valence-electron chi connectivity index (χ2n) is 6.74. The van der Waals surface area contributed by atoms with Gasteiger partial charge in [-0.25, -0.2) is 17.9 Å². The molecule has 2 rings (SSSR count). The van der Waals surface area contributed by atoms with Crippen LogP contribution in [0, 0.1) is 11.3 Å². The van der Waals surface area contributed by atoms with Crippen molar-refractivity contribution < 1.29 is 8.42 Å². The summed E-state index contributed by atoms with van der Waals surface area (Å²) in [6, 6.07) is 8.55. The lowest BCUT2D eigenvalue weighted by Crippen LogP contribution is -2.39. The van der Waals surface area contributed by atoms with Crippen LogP contribution in [0.3, 0.4) is 0 Å². The fourth-order valence-corrected chi connectivity index (χ4v) is 4.14. The molecule has 2 N–H and O–H groups in total. The van der Waals surface area contributed by atoms with Crippen LogP contribution in [0.2, 0.25) is 0 Å². The summed E-state index contributed by atoms with van der Waals surface area (Å²) in [5.74, 6) is 0.0177.